The van der Waals surface area contributed by atoms with Crippen LogP contribution in [-0.4, -0.2) is 26.7 Å². The lowest BCUT2D eigenvalue weighted by Crippen LogP contribution is -2.04. The normalized spacial score (nSPS) is 26.6. The van der Waals surface area contributed by atoms with E-state index in [9.17, 15) is 0 Å². The number of hydrogen-bond acceptors (Lipinski definition) is 3. The molecule has 1 fully saturated rings. The first-order valence-electron chi connectivity index (χ1n) is 5.65. The molecule has 0 saturated carbocycles. The summed E-state index contributed by atoms with van der Waals surface area (Å²) < 4.78 is 7.20. The van der Waals surface area contributed by atoms with Crippen molar-refractivity contribution in [1.29, 1.82) is 0 Å². The first-order chi connectivity index (χ1) is 8.19. The number of rotatable bonds is 1. The molecule has 17 heavy (non-hydrogen) atoms. The van der Waals surface area contributed by atoms with Crippen LogP contribution in [0.3, 0.4) is 0 Å². The molecule has 1 saturated heterocycles. The van der Waals surface area contributed by atoms with Gasteiger partial charge in [0.1, 0.15) is 12.1 Å². The molecule has 2 heterocycles. The summed E-state index contributed by atoms with van der Waals surface area (Å²) in [6, 6.07) is 7.87. The summed E-state index contributed by atoms with van der Waals surface area (Å²) in [6.07, 6.45) is 0.238. The molecular weight excluding hydrogens is 214 g/mol. The summed E-state index contributed by atoms with van der Waals surface area (Å²) in [7, 11) is 0. The minimum absolute atomic E-state index is 0.238. The Morgan fingerprint density at radius 2 is 2.24 bits per heavy atom. The van der Waals surface area contributed by atoms with E-state index in [0.29, 0.717) is 6.54 Å². The van der Waals surface area contributed by atoms with E-state index in [0.717, 1.165) is 11.0 Å². The fourth-order valence-corrected chi connectivity index (χ4v) is 1.79. The van der Waals surface area contributed by atoms with E-state index in [4.69, 9.17) is 4.74 Å². The number of epoxide rings is 1. The predicted molar refractivity (Wildman–Crippen MR) is 64.3 cm³/mol. The van der Waals surface area contributed by atoms with Crippen LogP contribution in [0.2, 0.25) is 0 Å². The molecule has 2 atom stereocenters. The Labute approximate surface area is 99.6 Å². The van der Waals surface area contributed by atoms with E-state index in [1.165, 1.54) is 0 Å². The van der Waals surface area contributed by atoms with E-state index in [1.54, 1.807) is 4.68 Å². The number of hydrogen-bond donors (Lipinski definition) is 0. The zero-order chi connectivity index (χ0) is 11.9. The zero-order valence-electron chi connectivity index (χ0n) is 9.84. The average molecular weight is 227 g/mol. The molecule has 0 bridgehead atoms. The second-order valence-electron chi connectivity index (χ2n) is 4.40. The van der Waals surface area contributed by atoms with Crippen molar-refractivity contribution in [2.75, 3.05) is 0 Å². The highest BCUT2D eigenvalue weighted by molar-refractivity contribution is 5.73. The monoisotopic (exact) mass is 227 g/mol. The molecule has 0 unspecified atom stereocenters. The fourth-order valence-electron chi connectivity index (χ4n) is 1.79. The van der Waals surface area contributed by atoms with Gasteiger partial charge in [-0.25, -0.2) is 4.68 Å². The van der Waals surface area contributed by atoms with Crippen LogP contribution in [0.15, 0.2) is 24.3 Å². The van der Waals surface area contributed by atoms with Gasteiger partial charge in [0.25, 0.3) is 0 Å². The molecule has 1 aliphatic heterocycles. The van der Waals surface area contributed by atoms with Crippen LogP contribution in [0.4, 0.5) is 0 Å². The molecule has 0 amide bonds. The van der Waals surface area contributed by atoms with Crippen LogP contribution in [0.25, 0.3) is 11.0 Å². The Morgan fingerprint density at radius 3 is 3.00 bits per heavy atom. The first-order valence-corrected chi connectivity index (χ1v) is 5.65. The van der Waals surface area contributed by atoms with Crippen molar-refractivity contribution >= 4 is 11.0 Å². The maximum Gasteiger partial charge on any atom is 0.152 e. The van der Waals surface area contributed by atoms with Gasteiger partial charge in [0.05, 0.1) is 11.6 Å². The summed E-state index contributed by atoms with van der Waals surface area (Å²) in [6.45, 7) is 4.58. The molecule has 1 aromatic carbocycles. The SMILES string of the molecule is C[C@H]1O[C@@]1(C)C#CCn1nnc2ccccc21. The zero-order valence-corrected chi connectivity index (χ0v) is 9.84. The summed E-state index contributed by atoms with van der Waals surface area (Å²) in [5, 5.41) is 8.16. The van der Waals surface area contributed by atoms with Gasteiger partial charge in [-0.2, -0.15) is 0 Å². The van der Waals surface area contributed by atoms with Crippen LogP contribution in [0.1, 0.15) is 13.8 Å². The van der Waals surface area contributed by atoms with Gasteiger partial charge in [0.15, 0.2) is 5.60 Å². The van der Waals surface area contributed by atoms with Gasteiger partial charge in [0, 0.05) is 0 Å². The number of para-hydroxylation sites is 1. The van der Waals surface area contributed by atoms with E-state index in [2.05, 4.69) is 22.2 Å². The fraction of sp³-hybridized carbons (Fsp3) is 0.385. The van der Waals surface area contributed by atoms with Crippen molar-refractivity contribution in [3.05, 3.63) is 24.3 Å². The molecule has 1 aliphatic rings. The van der Waals surface area contributed by atoms with Gasteiger partial charge < -0.3 is 4.74 Å². The van der Waals surface area contributed by atoms with E-state index < -0.39 is 0 Å². The Morgan fingerprint density at radius 1 is 1.47 bits per heavy atom. The lowest BCUT2D eigenvalue weighted by Gasteiger charge is -1.95. The third-order valence-electron chi connectivity index (χ3n) is 3.13. The van der Waals surface area contributed by atoms with E-state index in [-0.39, 0.29) is 11.7 Å². The van der Waals surface area contributed by atoms with Crippen molar-refractivity contribution in [1.82, 2.24) is 15.0 Å². The van der Waals surface area contributed by atoms with E-state index in [1.807, 2.05) is 38.1 Å². The summed E-state index contributed by atoms with van der Waals surface area (Å²) >= 11 is 0. The van der Waals surface area contributed by atoms with Crippen molar-refractivity contribution in [2.24, 2.45) is 0 Å². The molecule has 0 aliphatic carbocycles. The number of ether oxygens (including phenoxy) is 1. The average Bonchev–Trinajstić information content (AvgIpc) is 2.76. The topological polar surface area (TPSA) is 43.2 Å². The highest BCUT2D eigenvalue weighted by Crippen LogP contribution is 2.34. The van der Waals surface area contributed by atoms with E-state index >= 15 is 0 Å². The van der Waals surface area contributed by atoms with Crippen molar-refractivity contribution in [3.8, 4) is 11.8 Å². The lowest BCUT2D eigenvalue weighted by atomic mass is 10.1. The molecule has 86 valence electrons. The van der Waals surface area contributed by atoms with Gasteiger partial charge in [-0.1, -0.05) is 29.2 Å². The van der Waals surface area contributed by atoms with Crippen LogP contribution < -0.4 is 0 Å². The standard InChI is InChI=1S/C13H13N3O/c1-10-13(2,17-10)8-5-9-16-12-7-4-3-6-11(12)14-15-16/h3-4,6-7,10H,9H2,1-2H3/t10-,13+/m1/s1. The molecule has 0 spiro atoms. The Bertz CT molecular complexity index is 622. The predicted octanol–water partition coefficient (Wildman–Crippen LogP) is 1.61. The lowest BCUT2D eigenvalue weighted by molar-refractivity contribution is 0.355. The molecule has 3 rings (SSSR count). The third kappa shape index (κ3) is 1.79. The minimum Gasteiger partial charge on any atom is -0.353 e. The van der Waals surface area contributed by atoms with Crippen LogP contribution >= 0.6 is 0 Å². The van der Waals surface area contributed by atoms with Crippen LogP contribution in [0, 0.1) is 11.8 Å². The molecule has 4 heteroatoms. The minimum atomic E-state index is -0.254. The van der Waals surface area contributed by atoms with Crippen molar-refractivity contribution in [3.63, 3.8) is 0 Å². The molecular formula is C13H13N3O. The van der Waals surface area contributed by atoms with Crippen LogP contribution in [0.5, 0.6) is 0 Å². The van der Waals surface area contributed by atoms with Crippen molar-refractivity contribution < 1.29 is 4.74 Å². The number of fused-ring (bicyclic) bond motifs is 1. The Kier molecular flexibility index (Phi) is 2.17. The molecule has 1 aromatic heterocycles. The summed E-state index contributed by atoms with van der Waals surface area (Å²) in [5.74, 6) is 6.22. The third-order valence-corrected chi connectivity index (χ3v) is 3.13. The Balaban J connectivity index is 1.82. The largest absolute Gasteiger partial charge is 0.353 e. The number of nitrogens with zero attached hydrogens (tertiary/aromatic N) is 3. The van der Waals surface area contributed by atoms with Gasteiger partial charge in [0.2, 0.25) is 0 Å². The van der Waals surface area contributed by atoms with Gasteiger partial charge >= 0.3 is 0 Å². The quantitative estimate of drug-likeness (QED) is 0.549. The van der Waals surface area contributed by atoms with Gasteiger partial charge in [-0.05, 0) is 26.0 Å². The molecule has 0 radical (unpaired) electrons. The Hall–Kier alpha value is -1.86. The van der Waals surface area contributed by atoms with Crippen molar-refractivity contribution in [2.45, 2.75) is 32.1 Å². The first kappa shape index (κ1) is 10.3. The maximum atomic E-state index is 5.39. The highest BCUT2D eigenvalue weighted by atomic mass is 16.6. The molecule has 0 N–H and O–H groups in total. The summed E-state index contributed by atoms with van der Waals surface area (Å²) in [4.78, 5) is 0. The summed E-state index contributed by atoms with van der Waals surface area (Å²) in [5.41, 5.74) is 1.66. The number of benzene rings is 1. The number of aromatic nitrogens is 3. The molecule has 4 nitrogen and oxygen atoms in total. The van der Waals surface area contributed by atoms with Gasteiger partial charge in [-0.3, -0.25) is 0 Å². The second-order valence-corrected chi connectivity index (χ2v) is 4.40. The maximum absolute atomic E-state index is 5.39. The van der Waals surface area contributed by atoms with Gasteiger partial charge in [-0.15, -0.1) is 5.10 Å². The second kappa shape index (κ2) is 3.57. The smallest absolute Gasteiger partial charge is 0.152 e. The van der Waals surface area contributed by atoms with Crippen LogP contribution in [-0.2, 0) is 11.3 Å². The highest BCUT2D eigenvalue weighted by Gasteiger charge is 2.47. The molecule has 2 aromatic rings.